The van der Waals surface area contributed by atoms with Crippen LogP contribution in [0.3, 0.4) is 0 Å². The number of anilines is 2. The molecule has 0 aliphatic carbocycles. The summed E-state index contributed by atoms with van der Waals surface area (Å²) in [5.41, 5.74) is 1.68. The maximum atomic E-state index is 11.9. The number of benzene rings is 1. The molecule has 2 heterocycles. The van der Waals surface area contributed by atoms with E-state index in [2.05, 4.69) is 15.9 Å². The normalized spacial score (nSPS) is 16.6. The molecule has 0 radical (unpaired) electrons. The lowest BCUT2D eigenvalue weighted by atomic mass is 10.2. The van der Waals surface area contributed by atoms with Gasteiger partial charge in [-0.25, -0.2) is 0 Å². The summed E-state index contributed by atoms with van der Waals surface area (Å²) in [7, 11) is 0. The SMILES string of the molecule is CC(=O)N(c1ccsc1)c1ccc(OCC2CO2)c(Br)c1. The molecule has 1 aromatic heterocycles. The van der Waals surface area contributed by atoms with Gasteiger partial charge in [-0.05, 0) is 45.6 Å². The van der Waals surface area contributed by atoms with E-state index < -0.39 is 0 Å². The van der Waals surface area contributed by atoms with Crippen LogP contribution in [0.5, 0.6) is 5.75 Å². The molecule has 1 unspecified atom stereocenters. The van der Waals surface area contributed by atoms with Crippen molar-refractivity contribution in [3.8, 4) is 5.75 Å². The first kappa shape index (κ1) is 14.6. The van der Waals surface area contributed by atoms with E-state index in [4.69, 9.17) is 9.47 Å². The van der Waals surface area contributed by atoms with E-state index >= 15 is 0 Å². The molecule has 0 N–H and O–H groups in total. The summed E-state index contributed by atoms with van der Waals surface area (Å²) < 4.78 is 11.6. The van der Waals surface area contributed by atoms with E-state index in [0.29, 0.717) is 6.61 Å². The molecule has 1 amide bonds. The fraction of sp³-hybridized carbons (Fsp3) is 0.267. The molecule has 1 aliphatic heterocycles. The molecule has 1 aromatic carbocycles. The maximum absolute atomic E-state index is 11.9. The van der Waals surface area contributed by atoms with Crippen LogP contribution in [-0.2, 0) is 9.53 Å². The van der Waals surface area contributed by atoms with Crippen LogP contribution in [0.25, 0.3) is 0 Å². The van der Waals surface area contributed by atoms with Gasteiger partial charge < -0.3 is 9.47 Å². The first-order valence-electron chi connectivity index (χ1n) is 6.52. The van der Waals surface area contributed by atoms with Gasteiger partial charge in [-0.3, -0.25) is 9.69 Å². The largest absolute Gasteiger partial charge is 0.490 e. The second-order valence-electron chi connectivity index (χ2n) is 4.72. The van der Waals surface area contributed by atoms with Crippen molar-refractivity contribution in [2.45, 2.75) is 13.0 Å². The number of thiophene rings is 1. The summed E-state index contributed by atoms with van der Waals surface area (Å²) >= 11 is 5.06. The van der Waals surface area contributed by atoms with Gasteiger partial charge in [0, 0.05) is 12.3 Å². The maximum Gasteiger partial charge on any atom is 0.228 e. The quantitative estimate of drug-likeness (QED) is 0.750. The van der Waals surface area contributed by atoms with Gasteiger partial charge >= 0.3 is 0 Å². The average molecular weight is 368 g/mol. The minimum Gasteiger partial charge on any atom is -0.490 e. The summed E-state index contributed by atoms with van der Waals surface area (Å²) in [4.78, 5) is 13.6. The summed E-state index contributed by atoms with van der Waals surface area (Å²) in [6, 6.07) is 7.56. The number of nitrogens with zero attached hydrogens (tertiary/aromatic N) is 1. The van der Waals surface area contributed by atoms with Crippen LogP contribution >= 0.6 is 27.3 Å². The van der Waals surface area contributed by atoms with Gasteiger partial charge in [-0.1, -0.05) is 0 Å². The topological polar surface area (TPSA) is 42.1 Å². The zero-order chi connectivity index (χ0) is 14.8. The second-order valence-corrected chi connectivity index (χ2v) is 6.35. The van der Waals surface area contributed by atoms with Crippen LogP contribution in [0.1, 0.15) is 6.92 Å². The third-order valence-electron chi connectivity index (χ3n) is 3.08. The van der Waals surface area contributed by atoms with E-state index in [0.717, 1.165) is 28.2 Å². The Morgan fingerprint density at radius 1 is 1.48 bits per heavy atom. The van der Waals surface area contributed by atoms with Crippen LogP contribution in [0, 0.1) is 0 Å². The van der Waals surface area contributed by atoms with Gasteiger partial charge in [-0.15, -0.1) is 0 Å². The third-order valence-corrected chi connectivity index (χ3v) is 4.37. The van der Waals surface area contributed by atoms with Crippen LogP contribution in [0.2, 0.25) is 0 Å². The number of rotatable bonds is 5. The number of epoxide rings is 1. The average Bonchev–Trinajstić information content (AvgIpc) is 3.12. The molecule has 0 bridgehead atoms. The second kappa shape index (κ2) is 6.17. The van der Waals surface area contributed by atoms with Gasteiger partial charge in [0.05, 0.1) is 22.5 Å². The number of halogens is 1. The van der Waals surface area contributed by atoms with Crippen molar-refractivity contribution in [1.29, 1.82) is 0 Å². The zero-order valence-corrected chi connectivity index (χ0v) is 13.8. The van der Waals surface area contributed by atoms with Crippen LogP contribution in [0.15, 0.2) is 39.5 Å². The Bertz CT molecular complexity index is 640. The summed E-state index contributed by atoms with van der Waals surface area (Å²) in [6.45, 7) is 2.88. The number of ether oxygens (including phenoxy) is 2. The third kappa shape index (κ3) is 3.45. The monoisotopic (exact) mass is 367 g/mol. The minimum atomic E-state index is -0.0275. The molecule has 4 nitrogen and oxygen atoms in total. The van der Waals surface area contributed by atoms with E-state index in [1.54, 1.807) is 23.2 Å². The van der Waals surface area contributed by atoms with Crippen LogP contribution in [-0.4, -0.2) is 25.2 Å². The van der Waals surface area contributed by atoms with E-state index in [1.165, 1.54) is 0 Å². The lowest BCUT2D eigenvalue weighted by Crippen LogP contribution is -2.22. The Labute approximate surface area is 135 Å². The summed E-state index contributed by atoms with van der Waals surface area (Å²) in [5, 5.41) is 3.90. The number of carbonyl (C=O) groups excluding carboxylic acids is 1. The van der Waals surface area contributed by atoms with Crippen molar-refractivity contribution in [2.75, 3.05) is 18.1 Å². The number of amides is 1. The predicted octanol–water partition coefficient (Wildman–Crippen LogP) is 3.97. The van der Waals surface area contributed by atoms with Crippen molar-refractivity contribution in [2.24, 2.45) is 0 Å². The van der Waals surface area contributed by atoms with Crippen LogP contribution in [0.4, 0.5) is 11.4 Å². The van der Waals surface area contributed by atoms with E-state index in [9.17, 15) is 4.79 Å². The highest BCUT2D eigenvalue weighted by Gasteiger charge is 2.23. The van der Waals surface area contributed by atoms with Crippen molar-refractivity contribution >= 4 is 44.5 Å². The Morgan fingerprint density at radius 3 is 2.86 bits per heavy atom. The Balaban J connectivity index is 1.83. The number of carbonyl (C=O) groups is 1. The van der Waals surface area contributed by atoms with Crippen molar-refractivity contribution in [1.82, 2.24) is 0 Å². The van der Waals surface area contributed by atoms with Gasteiger partial charge in [0.2, 0.25) is 5.91 Å². The lowest BCUT2D eigenvalue weighted by Gasteiger charge is -2.20. The molecule has 0 spiro atoms. The van der Waals surface area contributed by atoms with Gasteiger partial charge in [0.15, 0.2) is 0 Å². The molecule has 6 heteroatoms. The number of hydrogen-bond donors (Lipinski definition) is 0. The molecule has 1 atom stereocenters. The molecule has 2 aromatic rings. The van der Waals surface area contributed by atoms with Gasteiger partial charge in [0.25, 0.3) is 0 Å². The molecular formula is C15H14BrNO3S. The van der Waals surface area contributed by atoms with E-state index in [-0.39, 0.29) is 12.0 Å². The lowest BCUT2D eigenvalue weighted by molar-refractivity contribution is -0.115. The minimum absolute atomic E-state index is 0.0275. The molecule has 1 fully saturated rings. The number of hydrogen-bond acceptors (Lipinski definition) is 4. The zero-order valence-electron chi connectivity index (χ0n) is 11.4. The highest BCUT2D eigenvalue weighted by Crippen LogP contribution is 2.34. The van der Waals surface area contributed by atoms with Crippen molar-refractivity contribution < 1.29 is 14.3 Å². The molecule has 110 valence electrons. The van der Waals surface area contributed by atoms with Crippen molar-refractivity contribution in [3.05, 3.63) is 39.5 Å². The molecular weight excluding hydrogens is 354 g/mol. The molecule has 21 heavy (non-hydrogen) atoms. The van der Waals surface area contributed by atoms with Gasteiger partial charge in [0.1, 0.15) is 18.5 Å². The smallest absolute Gasteiger partial charge is 0.228 e. The van der Waals surface area contributed by atoms with E-state index in [1.807, 2.05) is 35.0 Å². The fourth-order valence-corrected chi connectivity index (χ4v) is 3.09. The molecule has 3 rings (SSSR count). The first-order chi connectivity index (χ1) is 10.1. The molecule has 1 saturated heterocycles. The molecule has 1 aliphatic rings. The first-order valence-corrected chi connectivity index (χ1v) is 8.25. The summed E-state index contributed by atoms with van der Waals surface area (Å²) in [6.07, 6.45) is 0.219. The summed E-state index contributed by atoms with van der Waals surface area (Å²) in [5.74, 6) is 0.725. The Kier molecular flexibility index (Phi) is 4.28. The fourth-order valence-electron chi connectivity index (χ4n) is 1.99. The highest BCUT2D eigenvalue weighted by molar-refractivity contribution is 9.10. The highest BCUT2D eigenvalue weighted by atomic mass is 79.9. The predicted molar refractivity (Wildman–Crippen MR) is 86.5 cm³/mol. The Morgan fingerprint density at radius 2 is 2.29 bits per heavy atom. The van der Waals surface area contributed by atoms with Gasteiger partial charge in [-0.2, -0.15) is 11.3 Å². The Hall–Kier alpha value is -1.37. The standard InChI is InChI=1S/C15H14BrNO3S/c1-10(18)17(12-4-5-21-9-12)11-2-3-15(14(16)6-11)20-8-13-7-19-13/h2-6,9,13H,7-8H2,1H3. The molecule has 0 saturated carbocycles. The van der Waals surface area contributed by atoms with Crippen LogP contribution < -0.4 is 9.64 Å². The van der Waals surface area contributed by atoms with Crippen molar-refractivity contribution in [3.63, 3.8) is 0 Å².